The standard InChI is InChI=1S/C15H27N3/c1-13(2)16-10-11-18(5)12-14-6-8-15(9-7-14)17(3)4/h6-9,13,16H,10-12H2,1-5H3. The molecule has 0 aliphatic carbocycles. The summed E-state index contributed by atoms with van der Waals surface area (Å²) < 4.78 is 0. The Morgan fingerprint density at radius 2 is 1.67 bits per heavy atom. The lowest BCUT2D eigenvalue weighted by molar-refractivity contribution is 0.320. The van der Waals surface area contributed by atoms with Crippen molar-refractivity contribution in [1.82, 2.24) is 10.2 Å². The number of nitrogens with one attached hydrogen (secondary N) is 1. The van der Waals surface area contributed by atoms with Crippen LogP contribution in [0.4, 0.5) is 5.69 Å². The topological polar surface area (TPSA) is 18.5 Å². The average Bonchev–Trinajstić information content (AvgIpc) is 2.29. The zero-order chi connectivity index (χ0) is 13.5. The number of hydrogen-bond donors (Lipinski definition) is 1. The molecule has 1 N–H and O–H groups in total. The maximum Gasteiger partial charge on any atom is 0.0361 e. The van der Waals surface area contributed by atoms with E-state index >= 15 is 0 Å². The molecule has 1 rings (SSSR count). The van der Waals surface area contributed by atoms with Crippen LogP contribution in [0.3, 0.4) is 0 Å². The maximum atomic E-state index is 3.44. The lowest BCUT2D eigenvalue weighted by Gasteiger charge is -2.19. The molecular weight excluding hydrogens is 222 g/mol. The Morgan fingerprint density at radius 1 is 1.06 bits per heavy atom. The third kappa shape index (κ3) is 5.52. The highest BCUT2D eigenvalue weighted by Crippen LogP contribution is 2.13. The molecule has 0 aromatic heterocycles. The number of nitrogens with zero attached hydrogens (tertiary/aromatic N) is 2. The molecule has 3 heteroatoms. The van der Waals surface area contributed by atoms with Crippen molar-refractivity contribution in [2.75, 3.05) is 39.1 Å². The molecule has 0 bridgehead atoms. The molecule has 0 unspecified atom stereocenters. The summed E-state index contributed by atoms with van der Waals surface area (Å²) in [7, 11) is 6.30. The van der Waals surface area contributed by atoms with E-state index in [1.807, 2.05) is 0 Å². The highest BCUT2D eigenvalue weighted by Gasteiger charge is 2.01. The van der Waals surface area contributed by atoms with Crippen LogP contribution >= 0.6 is 0 Å². The third-order valence-corrected chi connectivity index (χ3v) is 2.95. The van der Waals surface area contributed by atoms with Crippen LogP contribution in [0.2, 0.25) is 0 Å². The molecule has 0 aliphatic heterocycles. The summed E-state index contributed by atoms with van der Waals surface area (Å²) in [4.78, 5) is 4.47. The van der Waals surface area contributed by atoms with Crippen molar-refractivity contribution in [2.24, 2.45) is 0 Å². The number of hydrogen-bond acceptors (Lipinski definition) is 3. The summed E-state index contributed by atoms with van der Waals surface area (Å²) in [5.74, 6) is 0. The SMILES string of the molecule is CC(C)NCCN(C)Cc1ccc(N(C)C)cc1. The van der Waals surface area contributed by atoms with E-state index in [9.17, 15) is 0 Å². The molecule has 0 radical (unpaired) electrons. The van der Waals surface area contributed by atoms with Crippen LogP contribution in [0.5, 0.6) is 0 Å². The highest BCUT2D eigenvalue weighted by molar-refractivity contribution is 5.45. The van der Waals surface area contributed by atoms with E-state index in [-0.39, 0.29) is 0 Å². The van der Waals surface area contributed by atoms with Crippen LogP contribution in [0.1, 0.15) is 19.4 Å². The fourth-order valence-electron chi connectivity index (χ4n) is 1.83. The zero-order valence-corrected chi connectivity index (χ0v) is 12.4. The van der Waals surface area contributed by atoms with E-state index in [1.54, 1.807) is 0 Å². The van der Waals surface area contributed by atoms with Gasteiger partial charge in [-0.2, -0.15) is 0 Å². The Labute approximate surface area is 112 Å². The minimum Gasteiger partial charge on any atom is -0.378 e. The molecule has 0 saturated carbocycles. The molecule has 0 aliphatic rings. The molecule has 0 spiro atoms. The van der Waals surface area contributed by atoms with Gasteiger partial charge in [-0.15, -0.1) is 0 Å². The van der Waals surface area contributed by atoms with Crippen LogP contribution in [0.25, 0.3) is 0 Å². The van der Waals surface area contributed by atoms with Gasteiger partial charge in [0.2, 0.25) is 0 Å². The smallest absolute Gasteiger partial charge is 0.0361 e. The van der Waals surface area contributed by atoms with E-state index in [4.69, 9.17) is 0 Å². The molecule has 0 saturated heterocycles. The average molecular weight is 249 g/mol. The molecule has 1 aromatic carbocycles. The Kier molecular flexibility index (Phi) is 6.16. The number of benzene rings is 1. The molecule has 3 nitrogen and oxygen atoms in total. The predicted molar refractivity (Wildman–Crippen MR) is 80.2 cm³/mol. The second kappa shape index (κ2) is 7.39. The fraction of sp³-hybridized carbons (Fsp3) is 0.600. The summed E-state index contributed by atoms with van der Waals surface area (Å²) in [5, 5.41) is 3.44. The van der Waals surface area contributed by atoms with Gasteiger partial charge in [-0.25, -0.2) is 0 Å². The summed E-state index contributed by atoms with van der Waals surface area (Å²) in [6.07, 6.45) is 0. The van der Waals surface area contributed by atoms with Gasteiger partial charge in [-0.05, 0) is 24.7 Å². The number of rotatable bonds is 7. The first-order valence-electron chi connectivity index (χ1n) is 6.67. The number of anilines is 1. The maximum absolute atomic E-state index is 3.44. The van der Waals surface area contributed by atoms with Crippen LogP contribution in [-0.4, -0.2) is 45.2 Å². The Bertz CT molecular complexity index is 330. The van der Waals surface area contributed by atoms with E-state index in [2.05, 4.69) is 74.4 Å². The molecular formula is C15H27N3. The molecule has 0 fully saturated rings. The molecule has 0 heterocycles. The van der Waals surface area contributed by atoms with Crippen molar-refractivity contribution in [1.29, 1.82) is 0 Å². The largest absolute Gasteiger partial charge is 0.378 e. The monoisotopic (exact) mass is 249 g/mol. The highest BCUT2D eigenvalue weighted by atomic mass is 15.1. The molecule has 0 atom stereocenters. The van der Waals surface area contributed by atoms with Crippen LogP contribution in [-0.2, 0) is 6.54 Å². The van der Waals surface area contributed by atoms with Gasteiger partial charge in [0.1, 0.15) is 0 Å². The Morgan fingerprint density at radius 3 is 2.17 bits per heavy atom. The molecule has 18 heavy (non-hydrogen) atoms. The summed E-state index contributed by atoms with van der Waals surface area (Å²) in [5.41, 5.74) is 2.62. The quantitative estimate of drug-likeness (QED) is 0.799. The molecule has 1 aromatic rings. The van der Waals surface area contributed by atoms with Crippen molar-refractivity contribution < 1.29 is 0 Å². The van der Waals surface area contributed by atoms with Gasteiger partial charge >= 0.3 is 0 Å². The van der Waals surface area contributed by atoms with E-state index < -0.39 is 0 Å². The van der Waals surface area contributed by atoms with Gasteiger partial charge in [-0.1, -0.05) is 26.0 Å². The van der Waals surface area contributed by atoms with E-state index in [0.717, 1.165) is 19.6 Å². The minimum atomic E-state index is 0.567. The second-order valence-electron chi connectivity index (χ2n) is 5.41. The van der Waals surface area contributed by atoms with Crippen molar-refractivity contribution in [3.8, 4) is 0 Å². The third-order valence-electron chi connectivity index (χ3n) is 2.95. The first-order chi connectivity index (χ1) is 8.49. The zero-order valence-electron chi connectivity index (χ0n) is 12.4. The van der Waals surface area contributed by atoms with E-state index in [0.29, 0.717) is 6.04 Å². The second-order valence-corrected chi connectivity index (χ2v) is 5.41. The van der Waals surface area contributed by atoms with Gasteiger partial charge in [-0.3, -0.25) is 0 Å². The first kappa shape index (κ1) is 15.0. The van der Waals surface area contributed by atoms with Crippen molar-refractivity contribution in [3.63, 3.8) is 0 Å². The first-order valence-corrected chi connectivity index (χ1v) is 6.67. The normalized spacial score (nSPS) is 11.3. The van der Waals surface area contributed by atoms with Gasteiger partial charge < -0.3 is 15.1 Å². The minimum absolute atomic E-state index is 0.567. The van der Waals surface area contributed by atoms with Gasteiger partial charge in [0, 0.05) is 45.5 Å². The predicted octanol–water partition coefficient (Wildman–Crippen LogP) is 2.18. The van der Waals surface area contributed by atoms with Gasteiger partial charge in [0.15, 0.2) is 0 Å². The van der Waals surface area contributed by atoms with E-state index in [1.165, 1.54) is 11.3 Å². The van der Waals surface area contributed by atoms with Crippen molar-refractivity contribution in [2.45, 2.75) is 26.4 Å². The van der Waals surface area contributed by atoms with Crippen molar-refractivity contribution >= 4 is 5.69 Å². The summed E-state index contributed by atoms with van der Waals surface area (Å²) in [6, 6.07) is 9.34. The van der Waals surface area contributed by atoms with Crippen molar-refractivity contribution in [3.05, 3.63) is 29.8 Å². The fourth-order valence-corrected chi connectivity index (χ4v) is 1.83. The van der Waals surface area contributed by atoms with Crippen LogP contribution < -0.4 is 10.2 Å². The van der Waals surface area contributed by atoms with Crippen LogP contribution in [0.15, 0.2) is 24.3 Å². The Hall–Kier alpha value is -1.06. The van der Waals surface area contributed by atoms with Gasteiger partial charge in [0.25, 0.3) is 0 Å². The molecule has 102 valence electrons. The summed E-state index contributed by atoms with van der Waals surface area (Å²) in [6.45, 7) is 7.49. The Balaban J connectivity index is 2.37. The summed E-state index contributed by atoms with van der Waals surface area (Å²) >= 11 is 0. The van der Waals surface area contributed by atoms with Gasteiger partial charge in [0.05, 0.1) is 0 Å². The lowest BCUT2D eigenvalue weighted by atomic mass is 10.2. The number of likely N-dealkylation sites (N-methyl/N-ethyl adjacent to an activating group) is 1. The lowest BCUT2D eigenvalue weighted by Crippen LogP contribution is -2.32. The molecule has 0 amide bonds. The van der Waals surface area contributed by atoms with Crippen LogP contribution in [0, 0.1) is 0 Å².